The number of ether oxygens (including phenoxy) is 6. The Morgan fingerprint density at radius 1 is 0.515 bits per heavy atom. The van der Waals surface area contributed by atoms with Crippen LogP contribution in [0.25, 0.3) is 0 Å². The third-order valence-corrected chi connectivity index (χ3v) is 13.3. The maximum absolute atomic E-state index is 13.1. The maximum Gasteiger partial charge on any atom is 0.220 e. The number of allylic oxidation sites excluding steroid dienone is 1. The minimum Gasteiger partial charge on any atom is -0.394 e. The van der Waals surface area contributed by atoms with E-state index in [1.54, 1.807) is 6.08 Å². The summed E-state index contributed by atoms with van der Waals surface area (Å²) in [5.41, 5.74) is 0. The molecule has 400 valence electrons. The van der Waals surface area contributed by atoms with E-state index in [0.29, 0.717) is 12.8 Å². The summed E-state index contributed by atoms with van der Waals surface area (Å²) in [5, 5.41) is 119. The second-order valence-electron chi connectivity index (χ2n) is 19.0. The molecule has 12 N–H and O–H groups in total. The molecule has 0 aromatic carbocycles. The lowest BCUT2D eigenvalue weighted by Crippen LogP contribution is -2.66. The van der Waals surface area contributed by atoms with Crippen molar-refractivity contribution in [1.82, 2.24) is 5.32 Å². The van der Waals surface area contributed by atoms with Crippen molar-refractivity contribution in [1.29, 1.82) is 0 Å². The number of carbonyl (C=O) groups excluding carboxylic acids is 1. The molecule has 3 fully saturated rings. The summed E-state index contributed by atoms with van der Waals surface area (Å²) < 4.78 is 33.9. The van der Waals surface area contributed by atoms with Crippen LogP contribution < -0.4 is 5.32 Å². The zero-order valence-electron chi connectivity index (χ0n) is 40.8. The topological polar surface area (TPSA) is 307 Å². The van der Waals surface area contributed by atoms with Gasteiger partial charge in [-0.2, -0.15) is 0 Å². The van der Waals surface area contributed by atoms with Gasteiger partial charge in [-0.1, -0.05) is 154 Å². The molecule has 19 nitrogen and oxygen atoms in total. The number of rotatable bonds is 36. The van der Waals surface area contributed by atoms with E-state index in [4.69, 9.17) is 28.4 Å². The van der Waals surface area contributed by atoms with Crippen LogP contribution in [0.2, 0.25) is 0 Å². The molecule has 0 bridgehead atoms. The Balaban J connectivity index is 1.44. The summed E-state index contributed by atoms with van der Waals surface area (Å²) in [7, 11) is 0. The zero-order valence-corrected chi connectivity index (χ0v) is 40.8. The van der Waals surface area contributed by atoms with Gasteiger partial charge < -0.3 is 89.9 Å². The summed E-state index contributed by atoms with van der Waals surface area (Å²) in [4.78, 5) is 13.1. The minimum atomic E-state index is -1.97. The number of amides is 1. The van der Waals surface area contributed by atoms with E-state index in [0.717, 1.165) is 32.1 Å². The molecule has 1 amide bonds. The fourth-order valence-electron chi connectivity index (χ4n) is 8.94. The number of unbranched alkanes of at least 4 members (excludes halogenated alkanes) is 20. The summed E-state index contributed by atoms with van der Waals surface area (Å²) >= 11 is 0. The van der Waals surface area contributed by atoms with Crippen LogP contribution >= 0.6 is 0 Å². The molecule has 3 heterocycles. The Morgan fingerprint density at radius 2 is 0.912 bits per heavy atom. The quantitative estimate of drug-likeness (QED) is 0.0315. The molecule has 0 spiro atoms. The lowest BCUT2D eigenvalue weighted by molar-refractivity contribution is -0.379. The average Bonchev–Trinajstić information content (AvgIpc) is 3.33. The number of aliphatic hydroxyl groups is 11. The van der Waals surface area contributed by atoms with Gasteiger partial charge in [-0.25, -0.2) is 0 Å². The molecule has 19 heteroatoms. The lowest BCUT2D eigenvalue weighted by Gasteiger charge is -2.48. The summed E-state index contributed by atoms with van der Waals surface area (Å²) in [6.07, 6.45) is 3.12. The fraction of sp³-hybridized carbons (Fsp3) is 0.939. The van der Waals surface area contributed by atoms with E-state index < -0.39 is 124 Å². The lowest BCUT2D eigenvalue weighted by atomic mass is 9.96. The highest BCUT2D eigenvalue weighted by molar-refractivity contribution is 5.76. The predicted molar refractivity (Wildman–Crippen MR) is 250 cm³/mol. The van der Waals surface area contributed by atoms with Gasteiger partial charge in [0.1, 0.15) is 73.2 Å². The SMILES string of the molecule is CCCC/C=C/C(O)C(COC1OC(CO)C(OC2OC(CO)C(OC3OC(CO)C(O)C(O)C3O)C(O)C2O)C(O)C1O)NC(=O)CCCCCCCCCCCCCCCCCCCCC. The van der Waals surface area contributed by atoms with E-state index >= 15 is 0 Å². The highest BCUT2D eigenvalue weighted by Crippen LogP contribution is 2.33. The van der Waals surface area contributed by atoms with Crippen molar-refractivity contribution in [3.63, 3.8) is 0 Å². The van der Waals surface area contributed by atoms with Crippen LogP contribution in [0, 0.1) is 0 Å². The van der Waals surface area contributed by atoms with Crippen LogP contribution in [-0.4, -0.2) is 193 Å². The first-order valence-electron chi connectivity index (χ1n) is 25.9. The second kappa shape index (κ2) is 34.8. The number of aliphatic hydroxyl groups excluding tert-OH is 11. The highest BCUT2D eigenvalue weighted by Gasteiger charge is 2.53. The molecule has 3 aliphatic heterocycles. The van der Waals surface area contributed by atoms with Gasteiger partial charge in [0.2, 0.25) is 5.91 Å². The van der Waals surface area contributed by atoms with Crippen molar-refractivity contribution < 1.29 is 89.4 Å². The van der Waals surface area contributed by atoms with E-state index in [1.165, 1.54) is 96.3 Å². The van der Waals surface area contributed by atoms with E-state index in [1.807, 2.05) is 13.0 Å². The van der Waals surface area contributed by atoms with Gasteiger partial charge in [-0.3, -0.25) is 4.79 Å². The van der Waals surface area contributed by atoms with Crippen LogP contribution in [0.4, 0.5) is 0 Å². The average molecular weight is 982 g/mol. The molecule has 3 saturated heterocycles. The Kier molecular flexibility index (Phi) is 31.1. The first-order valence-corrected chi connectivity index (χ1v) is 25.9. The van der Waals surface area contributed by atoms with E-state index in [2.05, 4.69) is 12.2 Å². The molecule has 0 aliphatic carbocycles. The largest absolute Gasteiger partial charge is 0.394 e. The summed E-state index contributed by atoms with van der Waals surface area (Å²) in [6.45, 7) is 1.53. The minimum absolute atomic E-state index is 0.246. The van der Waals surface area contributed by atoms with Crippen LogP contribution in [0.3, 0.4) is 0 Å². The van der Waals surface area contributed by atoms with Crippen molar-refractivity contribution in [2.45, 2.75) is 266 Å². The Morgan fingerprint density at radius 3 is 1.37 bits per heavy atom. The van der Waals surface area contributed by atoms with Gasteiger partial charge >= 0.3 is 0 Å². The monoisotopic (exact) mass is 982 g/mol. The van der Waals surface area contributed by atoms with Crippen molar-refractivity contribution in [3.8, 4) is 0 Å². The molecule has 68 heavy (non-hydrogen) atoms. The van der Waals surface area contributed by atoms with Crippen molar-refractivity contribution in [3.05, 3.63) is 12.2 Å². The van der Waals surface area contributed by atoms with Gasteiger partial charge in [0.25, 0.3) is 0 Å². The van der Waals surface area contributed by atoms with Crippen LogP contribution in [-0.2, 0) is 33.2 Å². The Bertz CT molecular complexity index is 1310. The molecule has 3 aliphatic rings. The van der Waals surface area contributed by atoms with Gasteiger partial charge in [-0.05, 0) is 12.8 Å². The third-order valence-electron chi connectivity index (χ3n) is 13.3. The molecule has 17 unspecified atom stereocenters. The molecule has 17 atom stereocenters. The van der Waals surface area contributed by atoms with Gasteiger partial charge in [0.05, 0.1) is 38.6 Å². The number of nitrogens with one attached hydrogen (secondary N) is 1. The maximum atomic E-state index is 13.1. The fourth-order valence-corrected chi connectivity index (χ4v) is 8.94. The van der Waals surface area contributed by atoms with Gasteiger partial charge in [0.15, 0.2) is 18.9 Å². The van der Waals surface area contributed by atoms with Crippen molar-refractivity contribution in [2.24, 2.45) is 0 Å². The van der Waals surface area contributed by atoms with E-state index in [-0.39, 0.29) is 18.9 Å². The number of carbonyl (C=O) groups is 1. The first-order chi connectivity index (χ1) is 32.8. The van der Waals surface area contributed by atoms with Gasteiger partial charge in [-0.15, -0.1) is 0 Å². The Labute approximate surface area is 404 Å². The van der Waals surface area contributed by atoms with Crippen LogP contribution in [0.1, 0.15) is 162 Å². The summed E-state index contributed by atoms with van der Waals surface area (Å²) in [6, 6.07) is -0.962. The van der Waals surface area contributed by atoms with Crippen LogP contribution in [0.15, 0.2) is 12.2 Å². The highest BCUT2D eigenvalue weighted by atomic mass is 16.8. The molecule has 0 radical (unpaired) electrons. The third kappa shape index (κ3) is 20.6. The normalized spacial score (nSPS) is 33.2. The molecular formula is C49H91NO18. The smallest absolute Gasteiger partial charge is 0.220 e. The first kappa shape index (κ1) is 60.8. The van der Waals surface area contributed by atoms with Crippen molar-refractivity contribution in [2.75, 3.05) is 26.4 Å². The molecule has 3 rings (SSSR count). The summed E-state index contributed by atoms with van der Waals surface area (Å²) in [5.74, 6) is -0.284. The zero-order chi connectivity index (χ0) is 49.8. The van der Waals surface area contributed by atoms with E-state index in [9.17, 15) is 61.0 Å². The number of hydrogen-bond acceptors (Lipinski definition) is 18. The Hall–Kier alpha value is -1.47. The standard InChI is InChI=1S/C49H91NO18/c1-3-5-7-9-10-11-12-13-14-15-16-17-18-19-20-21-22-23-25-27-37(55)50-32(33(54)26-24-8-6-4-2)31-63-47-43(61)40(58)45(35(29-52)65-47)68-49-44(62)41(59)46(36(30-53)66-49)67-48-42(60)39(57)38(56)34(28-51)64-48/h24,26,32-36,38-49,51-54,56-62H,3-23,25,27-31H2,1-2H3,(H,50,55)/b26-24+. The number of hydrogen-bond donors (Lipinski definition) is 12. The van der Waals surface area contributed by atoms with Gasteiger partial charge in [0, 0.05) is 6.42 Å². The molecule has 0 aromatic heterocycles. The van der Waals surface area contributed by atoms with Crippen LogP contribution in [0.5, 0.6) is 0 Å². The second-order valence-corrected chi connectivity index (χ2v) is 19.0. The predicted octanol–water partition coefficient (Wildman–Crippen LogP) is 1.87. The molecular weight excluding hydrogens is 891 g/mol. The molecule has 0 aromatic rings. The molecule has 0 saturated carbocycles. The van der Waals surface area contributed by atoms with Crippen molar-refractivity contribution >= 4 is 5.91 Å².